The van der Waals surface area contributed by atoms with Crippen LogP contribution in [0.5, 0.6) is 0 Å². The van der Waals surface area contributed by atoms with E-state index in [0.717, 1.165) is 22.6 Å². The number of imidazole rings is 2. The maximum Gasteiger partial charge on any atom is 0.312 e. The van der Waals surface area contributed by atoms with Crippen LogP contribution in [0.2, 0.25) is 0 Å². The zero-order valence-electron chi connectivity index (χ0n) is 14.6. The van der Waals surface area contributed by atoms with Crippen LogP contribution in [0.3, 0.4) is 0 Å². The summed E-state index contributed by atoms with van der Waals surface area (Å²) in [5.74, 6) is 2.08. The molecule has 5 rings (SSSR count). The van der Waals surface area contributed by atoms with Crippen LogP contribution in [0.4, 0.5) is 0 Å². The Morgan fingerprint density at radius 1 is 0.880 bits per heavy atom. The Balaban J connectivity index is 1.92. The van der Waals surface area contributed by atoms with Crippen molar-refractivity contribution in [1.82, 2.24) is 14.0 Å². The molecule has 0 aliphatic carbocycles. The van der Waals surface area contributed by atoms with Crippen molar-refractivity contribution in [1.29, 1.82) is 0 Å². The Morgan fingerprint density at radius 2 is 1.60 bits per heavy atom. The lowest BCUT2D eigenvalue weighted by atomic mass is 10.2. The highest BCUT2D eigenvalue weighted by molar-refractivity contribution is 5.83. The second-order valence-corrected chi connectivity index (χ2v) is 6.61. The van der Waals surface area contributed by atoms with Gasteiger partial charge in [-0.2, -0.15) is 9.55 Å². The smallest absolute Gasteiger partial charge is 0.259 e. The number of aryl methyl sites for hydroxylation is 2. The molecule has 0 bridgehead atoms. The van der Waals surface area contributed by atoms with Crippen molar-refractivity contribution in [3.05, 3.63) is 72.2 Å². The maximum absolute atomic E-state index is 4.91. The summed E-state index contributed by atoms with van der Waals surface area (Å²) in [5, 5.41) is 2.47. The largest absolute Gasteiger partial charge is 0.312 e. The van der Waals surface area contributed by atoms with Gasteiger partial charge in [-0.1, -0.05) is 36.4 Å². The van der Waals surface area contributed by atoms with Crippen molar-refractivity contribution in [2.45, 2.75) is 13.8 Å². The molecule has 0 amide bonds. The molecular weight excluding hydrogens is 308 g/mol. The van der Waals surface area contributed by atoms with E-state index in [0.29, 0.717) is 0 Å². The fourth-order valence-electron chi connectivity index (χ4n) is 3.74. The topological polar surface area (TPSA) is 26.1 Å². The average molecular weight is 327 g/mol. The van der Waals surface area contributed by atoms with E-state index >= 15 is 0 Å². The van der Waals surface area contributed by atoms with E-state index in [1.165, 1.54) is 22.2 Å². The molecule has 0 fully saturated rings. The van der Waals surface area contributed by atoms with Gasteiger partial charge in [-0.15, -0.1) is 0 Å². The lowest BCUT2D eigenvalue weighted by molar-refractivity contribution is -0.664. The second kappa shape index (κ2) is 4.93. The van der Waals surface area contributed by atoms with Gasteiger partial charge in [0.15, 0.2) is 0 Å². The summed E-state index contributed by atoms with van der Waals surface area (Å²) in [6.45, 7) is 4.32. The quantitative estimate of drug-likeness (QED) is 0.429. The number of benzene rings is 2. The first-order chi connectivity index (χ1) is 12.1. The maximum atomic E-state index is 4.91. The highest BCUT2D eigenvalue weighted by Gasteiger charge is 2.25. The summed E-state index contributed by atoms with van der Waals surface area (Å²) in [6.07, 6.45) is 2.18. The summed E-state index contributed by atoms with van der Waals surface area (Å²) in [4.78, 5) is 4.91. The van der Waals surface area contributed by atoms with Crippen molar-refractivity contribution in [2.24, 2.45) is 7.05 Å². The molecule has 0 atom stereocenters. The third kappa shape index (κ3) is 1.88. The summed E-state index contributed by atoms with van der Waals surface area (Å²) in [5.41, 5.74) is 4.61. The molecule has 0 saturated carbocycles. The molecule has 3 aromatic heterocycles. The van der Waals surface area contributed by atoms with Gasteiger partial charge in [0, 0.05) is 11.5 Å². The fourth-order valence-corrected chi connectivity index (χ4v) is 3.74. The van der Waals surface area contributed by atoms with Crippen LogP contribution in [-0.4, -0.2) is 14.0 Å². The van der Waals surface area contributed by atoms with E-state index in [1.807, 2.05) is 6.07 Å². The molecule has 5 aromatic rings. The van der Waals surface area contributed by atoms with Gasteiger partial charge >= 0.3 is 5.78 Å². The number of rotatable bonds is 1. The van der Waals surface area contributed by atoms with Gasteiger partial charge in [-0.05, 0) is 31.4 Å². The van der Waals surface area contributed by atoms with Gasteiger partial charge in [0.25, 0.3) is 5.82 Å². The zero-order valence-corrected chi connectivity index (χ0v) is 14.6. The number of pyridine rings is 1. The summed E-state index contributed by atoms with van der Waals surface area (Å²) in [7, 11) is 2.09. The highest BCUT2D eigenvalue weighted by Crippen LogP contribution is 2.26. The van der Waals surface area contributed by atoms with Crippen molar-refractivity contribution >= 4 is 27.6 Å². The molecule has 3 heterocycles. The molecule has 122 valence electrons. The van der Waals surface area contributed by atoms with Gasteiger partial charge in [-0.3, -0.25) is 4.40 Å². The van der Waals surface area contributed by atoms with Crippen LogP contribution in [-0.2, 0) is 7.05 Å². The Kier molecular flexibility index (Phi) is 2.80. The Morgan fingerprint density at radius 3 is 2.44 bits per heavy atom. The molecule has 2 aromatic carbocycles. The van der Waals surface area contributed by atoms with Gasteiger partial charge in [0.2, 0.25) is 0 Å². The first kappa shape index (κ1) is 14.2. The number of para-hydroxylation sites is 2. The molecule has 25 heavy (non-hydrogen) atoms. The minimum atomic E-state index is 0.960. The minimum Gasteiger partial charge on any atom is -0.259 e. The van der Waals surface area contributed by atoms with Crippen LogP contribution in [0, 0.1) is 13.8 Å². The van der Waals surface area contributed by atoms with Crippen molar-refractivity contribution in [3.63, 3.8) is 0 Å². The van der Waals surface area contributed by atoms with E-state index in [4.69, 9.17) is 4.98 Å². The van der Waals surface area contributed by atoms with E-state index in [9.17, 15) is 0 Å². The molecule has 0 aliphatic rings. The molecule has 0 N–H and O–H groups in total. The minimum absolute atomic E-state index is 0.960. The first-order valence-corrected chi connectivity index (χ1v) is 8.49. The lowest BCUT2D eigenvalue weighted by Crippen LogP contribution is -2.33. The van der Waals surface area contributed by atoms with E-state index in [-0.39, 0.29) is 0 Å². The lowest BCUT2D eigenvalue weighted by Gasteiger charge is -2.05. The fraction of sp³-hybridized carbons (Fsp3) is 0.143. The van der Waals surface area contributed by atoms with E-state index < -0.39 is 0 Å². The van der Waals surface area contributed by atoms with Crippen LogP contribution in [0.1, 0.15) is 11.4 Å². The molecule has 0 radical (unpaired) electrons. The summed E-state index contributed by atoms with van der Waals surface area (Å²) in [6, 6.07) is 19.0. The molecule has 0 saturated heterocycles. The number of fused-ring (bicyclic) bond motifs is 4. The third-order valence-corrected chi connectivity index (χ3v) is 5.14. The number of aromatic nitrogens is 4. The molecule has 4 heteroatoms. The normalized spacial score (nSPS) is 11.8. The molecular formula is C21H19N4+. The van der Waals surface area contributed by atoms with Gasteiger partial charge < -0.3 is 0 Å². The molecule has 4 nitrogen and oxygen atoms in total. The van der Waals surface area contributed by atoms with E-state index in [2.05, 4.69) is 89.2 Å². The first-order valence-electron chi connectivity index (χ1n) is 8.49. The average Bonchev–Trinajstić information content (AvgIpc) is 3.10. The van der Waals surface area contributed by atoms with E-state index in [1.54, 1.807) is 0 Å². The Hall–Kier alpha value is -3.14. The monoisotopic (exact) mass is 327 g/mol. The molecule has 0 unspecified atom stereocenters. The number of hydrogen-bond acceptors (Lipinski definition) is 1. The van der Waals surface area contributed by atoms with Crippen LogP contribution in [0.15, 0.2) is 60.8 Å². The van der Waals surface area contributed by atoms with Crippen molar-refractivity contribution in [2.75, 3.05) is 0 Å². The predicted octanol–water partition coefficient (Wildman–Crippen LogP) is 3.87. The highest BCUT2D eigenvalue weighted by atomic mass is 15.3. The number of hydrogen-bond donors (Lipinski definition) is 0. The van der Waals surface area contributed by atoms with Crippen LogP contribution >= 0.6 is 0 Å². The van der Waals surface area contributed by atoms with Gasteiger partial charge in [0.1, 0.15) is 5.69 Å². The van der Waals surface area contributed by atoms with Crippen molar-refractivity contribution in [3.8, 4) is 5.82 Å². The predicted molar refractivity (Wildman–Crippen MR) is 100 cm³/mol. The summed E-state index contributed by atoms with van der Waals surface area (Å²) < 4.78 is 6.68. The second-order valence-electron chi connectivity index (χ2n) is 6.61. The molecule has 0 aliphatic heterocycles. The standard InChI is InChI=1S/C21H19N4/c1-14-15(2)25(21-22-18-10-6-7-11-19(18)24(14)21)20-12-16-8-4-5-9-17(16)13-23(20)3/h4-13H,1-3H3/q+1. The van der Waals surface area contributed by atoms with Gasteiger partial charge in [0.05, 0.1) is 30.0 Å². The Labute approximate surface area is 145 Å². The summed E-state index contributed by atoms with van der Waals surface area (Å²) >= 11 is 0. The van der Waals surface area contributed by atoms with Crippen LogP contribution in [0.25, 0.3) is 33.4 Å². The zero-order chi connectivity index (χ0) is 17.1. The third-order valence-electron chi connectivity index (χ3n) is 5.14. The Bertz CT molecular complexity index is 1270. The van der Waals surface area contributed by atoms with Crippen molar-refractivity contribution < 1.29 is 4.57 Å². The SMILES string of the molecule is Cc1c(C)n2c3ccccc3nc2n1-c1cc2ccccc2c[n+]1C. The number of nitrogens with zero attached hydrogens (tertiary/aromatic N) is 4. The molecule has 0 spiro atoms. The van der Waals surface area contributed by atoms with Gasteiger partial charge in [-0.25, -0.2) is 4.57 Å². The van der Waals surface area contributed by atoms with Crippen LogP contribution < -0.4 is 4.57 Å².